The molecule has 0 aliphatic rings. The summed E-state index contributed by atoms with van der Waals surface area (Å²) in [7, 11) is 0. The number of hydrogen-bond acceptors (Lipinski definition) is 0. The molecule has 1 radical (unpaired) electrons. The lowest BCUT2D eigenvalue weighted by Crippen LogP contribution is -1.92. The van der Waals surface area contributed by atoms with Crippen LogP contribution in [0.2, 0.25) is 0 Å². The van der Waals surface area contributed by atoms with Gasteiger partial charge in [-0.05, 0) is 6.42 Å². The van der Waals surface area contributed by atoms with E-state index >= 15 is 0 Å². The number of halogens is 3. The van der Waals surface area contributed by atoms with Crippen LogP contribution in [0.1, 0.15) is 6.42 Å². The van der Waals surface area contributed by atoms with E-state index in [0.717, 1.165) is 6.42 Å². The predicted molar refractivity (Wildman–Crippen MR) is 39.5 cm³/mol. The van der Waals surface area contributed by atoms with E-state index in [0.29, 0.717) is 0 Å². The first kappa shape index (κ1) is 7.44. The summed E-state index contributed by atoms with van der Waals surface area (Å²) < 4.78 is -0.132. The van der Waals surface area contributed by atoms with Crippen molar-refractivity contribution in [2.75, 3.05) is 0 Å². The molecule has 0 aliphatic heterocycles. The van der Waals surface area contributed by atoms with Crippen LogP contribution in [0.5, 0.6) is 0 Å². The molecule has 0 unspecified atom stereocenters. The van der Waals surface area contributed by atoms with E-state index in [4.69, 9.17) is 0 Å². The molecule has 0 N–H and O–H groups in total. The van der Waals surface area contributed by atoms with Gasteiger partial charge in [0.05, 0.1) is 0 Å². The molecule has 3 heteroatoms. The lowest BCUT2D eigenvalue weighted by Gasteiger charge is -2.04. The van der Waals surface area contributed by atoms with Crippen LogP contribution in [0.3, 0.4) is 0 Å². The fourth-order valence-electron chi connectivity index (χ4n) is 0. The van der Waals surface area contributed by atoms with Crippen molar-refractivity contribution >= 4 is 47.8 Å². The van der Waals surface area contributed by atoms with Crippen LogP contribution in [0, 0.1) is 6.92 Å². The van der Waals surface area contributed by atoms with E-state index in [1.807, 2.05) is 0 Å². The van der Waals surface area contributed by atoms with Crippen molar-refractivity contribution in [3.63, 3.8) is 0 Å². The van der Waals surface area contributed by atoms with Gasteiger partial charge in [-0.2, -0.15) is 0 Å². The van der Waals surface area contributed by atoms with E-state index in [2.05, 4.69) is 54.7 Å². The van der Waals surface area contributed by atoms with Gasteiger partial charge in [-0.15, -0.1) is 0 Å². The lowest BCUT2D eigenvalue weighted by molar-refractivity contribution is 1.17. The first-order chi connectivity index (χ1) is 2.56. The Morgan fingerprint density at radius 2 is 1.50 bits per heavy atom. The van der Waals surface area contributed by atoms with E-state index < -0.39 is 0 Å². The molecule has 0 saturated heterocycles. The van der Waals surface area contributed by atoms with Crippen LogP contribution < -0.4 is 0 Å². The molecule has 0 nitrogen and oxygen atoms in total. The van der Waals surface area contributed by atoms with Crippen LogP contribution in [0.4, 0.5) is 0 Å². The second-order valence-electron chi connectivity index (χ2n) is 0.865. The molecule has 0 spiro atoms. The van der Waals surface area contributed by atoms with Crippen molar-refractivity contribution in [2.45, 2.75) is 8.56 Å². The maximum absolute atomic E-state index is 3.62. The highest BCUT2D eigenvalue weighted by Crippen LogP contribution is 2.35. The Morgan fingerprint density at radius 3 is 1.50 bits per heavy atom. The van der Waals surface area contributed by atoms with E-state index in [9.17, 15) is 0 Å². The molecule has 0 bridgehead atoms. The number of rotatable bonds is 0. The van der Waals surface area contributed by atoms with Crippen LogP contribution in [-0.4, -0.2) is 2.14 Å². The second-order valence-corrected chi connectivity index (χ2v) is 8.12. The monoisotopic (exact) mass is 277 g/mol. The lowest BCUT2D eigenvalue weighted by atomic mass is 10.6. The quantitative estimate of drug-likeness (QED) is 0.598. The Morgan fingerprint density at radius 1 is 1.33 bits per heavy atom. The maximum atomic E-state index is 3.62. The average Bonchev–Trinajstić information content (AvgIpc) is 1.35. The minimum atomic E-state index is -0.132. The van der Waals surface area contributed by atoms with Crippen molar-refractivity contribution < 1.29 is 0 Å². The zero-order valence-electron chi connectivity index (χ0n) is 3.05. The van der Waals surface area contributed by atoms with E-state index in [-0.39, 0.29) is 2.14 Å². The van der Waals surface area contributed by atoms with Gasteiger partial charge in [-0.1, -0.05) is 54.7 Å². The zero-order valence-corrected chi connectivity index (χ0v) is 7.81. The van der Waals surface area contributed by atoms with E-state index in [1.165, 1.54) is 0 Å². The molecular formula is C3H4Br3. The molecule has 0 aromatic carbocycles. The van der Waals surface area contributed by atoms with Gasteiger partial charge in [0.15, 0.2) is 0 Å². The summed E-state index contributed by atoms with van der Waals surface area (Å²) in [5, 5.41) is 0. The zero-order chi connectivity index (χ0) is 5.21. The highest BCUT2D eigenvalue weighted by Gasteiger charge is 2.12. The van der Waals surface area contributed by atoms with Crippen LogP contribution in [0.15, 0.2) is 0 Å². The van der Waals surface area contributed by atoms with Gasteiger partial charge >= 0.3 is 0 Å². The van der Waals surface area contributed by atoms with Gasteiger partial charge in [0.25, 0.3) is 0 Å². The average molecular weight is 280 g/mol. The summed E-state index contributed by atoms with van der Waals surface area (Å²) in [6, 6.07) is 0. The predicted octanol–water partition coefficient (Wildman–Crippen LogP) is 3.05. The summed E-state index contributed by atoms with van der Waals surface area (Å²) in [5.41, 5.74) is 0. The van der Waals surface area contributed by atoms with Gasteiger partial charge in [-0.25, -0.2) is 0 Å². The molecule has 0 atom stereocenters. The molecule has 0 aliphatic carbocycles. The standard InChI is InChI=1S/C3H4Br3/c1-2-3(4,5)6/h1-2H2. The Hall–Kier alpha value is 1.44. The molecule has 0 saturated carbocycles. The van der Waals surface area contributed by atoms with Crippen molar-refractivity contribution in [3.05, 3.63) is 6.92 Å². The smallest absolute Gasteiger partial charge is 0.0599 e. The van der Waals surface area contributed by atoms with Gasteiger partial charge in [0.1, 0.15) is 2.14 Å². The normalized spacial score (nSPS) is 12.0. The Bertz CT molecular complexity index is 35.8. The minimum absolute atomic E-state index is 0.132. The largest absolute Gasteiger partial charge is 0.135 e. The molecule has 0 aromatic heterocycles. The highest BCUT2D eigenvalue weighted by atomic mass is 80.0. The topological polar surface area (TPSA) is 0 Å². The van der Waals surface area contributed by atoms with Crippen molar-refractivity contribution in [1.82, 2.24) is 0 Å². The van der Waals surface area contributed by atoms with Gasteiger partial charge < -0.3 is 0 Å². The summed E-state index contributed by atoms with van der Waals surface area (Å²) in [4.78, 5) is 0. The number of alkyl halides is 3. The van der Waals surface area contributed by atoms with Gasteiger partial charge in [-0.3, -0.25) is 0 Å². The van der Waals surface area contributed by atoms with Crippen molar-refractivity contribution in [1.29, 1.82) is 0 Å². The molecule has 0 rings (SSSR count). The SMILES string of the molecule is [CH2]CC(Br)(Br)Br. The molecule has 37 valence electrons. The summed E-state index contributed by atoms with van der Waals surface area (Å²) in [5.74, 6) is 0. The second kappa shape index (κ2) is 2.68. The molecular weight excluding hydrogens is 276 g/mol. The molecule has 0 amide bonds. The molecule has 0 fully saturated rings. The van der Waals surface area contributed by atoms with Crippen molar-refractivity contribution in [3.8, 4) is 0 Å². The molecule has 6 heavy (non-hydrogen) atoms. The third-order valence-corrected chi connectivity index (χ3v) is 1.47. The summed E-state index contributed by atoms with van der Waals surface area (Å²) in [6.45, 7) is 3.62. The van der Waals surface area contributed by atoms with Gasteiger partial charge in [0.2, 0.25) is 0 Å². The maximum Gasteiger partial charge on any atom is 0.135 e. The van der Waals surface area contributed by atoms with Crippen LogP contribution in [0.25, 0.3) is 0 Å². The Balaban J connectivity index is 3.17. The van der Waals surface area contributed by atoms with Gasteiger partial charge in [0, 0.05) is 0 Å². The summed E-state index contributed by atoms with van der Waals surface area (Å²) >= 11 is 9.74. The fourth-order valence-corrected chi connectivity index (χ4v) is 0. The highest BCUT2D eigenvalue weighted by molar-refractivity contribution is 9.39. The van der Waals surface area contributed by atoms with Crippen LogP contribution in [-0.2, 0) is 0 Å². The minimum Gasteiger partial charge on any atom is -0.0599 e. The number of hydrogen-bond donors (Lipinski definition) is 0. The Labute approximate surface area is 63.1 Å². The third kappa shape index (κ3) is 5.44. The fraction of sp³-hybridized carbons (Fsp3) is 0.667. The third-order valence-electron chi connectivity index (χ3n) is 0.283. The summed E-state index contributed by atoms with van der Waals surface area (Å²) in [6.07, 6.45) is 0.771. The van der Waals surface area contributed by atoms with E-state index in [1.54, 1.807) is 0 Å². The van der Waals surface area contributed by atoms with Crippen molar-refractivity contribution in [2.24, 2.45) is 0 Å². The first-order valence-electron chi connectivity index (χ1n) is 1.42. The van der Waals surface area contributed by atoms with Crippen LogP contribution >= 0.6 is 47.8 Å². The molecule has 0 heterocycles. The Kier molecular flexibility index (Phi) is 3.32. The molecule has 0 aromatic rings. The first-order valence-corrected chi connectivity index (χ1v) is 3.80.